The van der Waals surface area contributed by atoms with Gasteiger partial charge in [0.1, 0.15) is 0 Å². The molecule has 1 saturated carbocycles. The number of hydrogen-bond donors (Lipinski definition) is 3. The third-order valence-corrected chi connectivity index (χ3v) is 7.03. The first-order valence-corrected chi connectivity index (χ1v) is 12.0. The highest BCUT2D eigenvalue weighted by Crippen LogP contribution is 2.29. The molecular formula is C27H35N3O2. The van der Waals surface area contributed by atoms with Gasteiger partial charge in [0, 0.05) is 24.7 Å². The minimum atomic E-state index is -0.158. The third-order valence-electron chi connectivity index (χ3n) is 7.03. The number of carbonyl (C=O) groups is 2. The molecule has 4 rings (SSSR count). The second-order valence-electron chi connectivity index (χ2n) is 9.64. The Morgan fingerprint density at radius 3 is 2.31 bits per heavy atom. The zero-order chi connectivity index (χ0) is 22.5. The molecule has 2 aromatic rings. The topological polar surface area (TPSA) is 70.2 Å². The molecule has 5 nitrogen and oxygen atoms in total. The Kier molecular flexibility index (Phi) is 7.26. The molecule has 2 aliphatic rings. The van der Waals surface area contributed by atoms with E-state index in [0.29, 0.717) is 18.4 Å². The van der Waals surface area contributed by atoms with Gasteiger partial charge in [0.25, 0.3) is 0 Å². The highest BCUT2D eigenvalue weighted by Gasteiger charge is 2.28. The molecule has 1 fully saturated rings. The Morgan fingerprint density at radius 1 is 0.938 bits per heavy atom. The minimum absolute atomic E-state index is 0.0586. The SMILES string of the molecule is CC(C)c1ccc(NC(=O)C2CCC(CNC(=O)[C@@H]3Cc4ccccc4CN3)CC2)cc1. The van der Waals surface area contributed by atoms with Gasteiger partial charge in [-0.15, -0.1) is 0 Å². The minimum Gasteiger partial charge on any atom is -0.354 e. The second kappa shape index (κ2) is 10.3. The molecule has 2 amide bonds. The first kappa shape index (κ1) is 22.5. The molecule has 1 aliphatic heterocycles. The molecule has 0 radical (unpaired) electrons. The number of rotatable bonds is 6. The van der Waals surface area contributed by atoms with Crippen LogP contribution >= 0.6 is 0 Å². The van der Waals surface area contributed by atoms with Crippen molar-refractivity contribution >= 4 is 17.5 Å². The largest absolute Gasteiger partial charge is 0.354 e. The van der Waals surface area contributed by atoms with Gasteiger partial charge in [-0.25, -0.2) is 0 Å². The normalized spacial score (nSPS) is 22.8. The lowest BCUT2D eigenvalue weighted by molar-refractivity contribution is -0.124. The van der Waals surface area contributed by atoms with E-state index in [1.165, 1.54) is 16.7 Å². The lowest BCUT2D eigenvalue weighted by Gasteiger charge is -2.29. The van der Waals surface area contributed by atoms with Crippen LogP contribution in [-0.4, -0.2) is 24.4 Å². The fourth-order valence-corrected chi connectivity index (χ4v) is 4.83. The van der Waals surface area contributed by atoms with Crippen molar-refractivity contribution in [3.8, 4) is 0 Å². The molecule has 5 heteroatoms. The summed E-state index contributed by atoms with van der Waals surface area (Å²) >= 11 is 0. The van der Waals surface area contributed by atoms with Crippen LogP contribution in [0.4, 0.5) is 5.69 Å². The molecular weight excluding hydrogens is 398 g/mol. The van der Waals surface area contributed by atoms with Crippen LogP contribution in [0.1, 0.15) is 62.1 Å². The van der Waals surface area contributed by atoms with Crippen LogP contribution in [0.2, 0.25) is 0 Å². The summed E-state index contributed by atoms with van der Waals surface area (Å²) in [5.74, 6) is 1.20. The summed E-state index contributed by atoms with van der Waals surface area (Å²) in [5.41, 5.74) is 4.69. The Hall–Kier alpha value is -2.66. The second-order valence-corrected chi connectivity index (χ2v) is 9.64. The van der Waals surface area contributed by atoms with Gasteiger partial charge in [0.05, 0.1) is 6.04 Å². The molecule has 170 valence electrons. The van der Waals surface area contributed by atoms with Gasteiger partial charge in [-0.05, 0) is 72.8 Å². The van der Waals surface area contributed by atoms with E-state index in [1.54, 1.807) is 0 Å². The molecule has 0 unspecified atom stereocenters. The Morgan fingerprint density at radius 2 is 1.62 bits per heavy atom. The van der Waals surface area contributed by atoms with Crippen LogP contribution in [-0.2, 0) is 22.6 Å². The molecule has 0 spiro atoms. The fourth-order valence-electron chi connectivity index (χ4n) is 4.83. The Labute approximate surface area is 191 Å². The van der Waals surface area contributed by atoms with Crippen LogP contribution in [0.5, 0.6) is 0 Å². The van der Waals surface area contributed by atoms with E-state index in [2.05, 4.69) is 54.1 Å². The Bertz CT molecular complexity index is 930. The highest BCUT2D eigenvalue weighted by molar-refractivity contribution is 5.92. The van der Waals surface area contributed by atoms with E-state index in [4.69, 9.17) is 0 Å². The molecule has 32 heavy (non-hydrogen) atoms. The maximum atomic E-state index is 12.7. The van der Waals surface area contributed by atoms with Crippen molar-refractivity contribution in [1.82, 2.24) is 10.6 Å². The summed E-state index contributed by atoms with van der Waals surface area (Å²) in [7, 11) is 0. The van der Waals surface area contributed by atoms with Crippen LogP contribution in [0.25, 0.3) is 0 Å². The summed E-state index contributed by atoms with van der Waals surface area (Å²) in [5, 5.41) is 9.58. The number of carbonyl (C=O) groups excluding carboxylic acids is 2. The van der Waals surface area contributed by atoms with E-state index in [1.807, 2.05) is 24.3 Å². The summed E-state index contributed by atoms with van der Waals surface area (Å²) in [6, 6.07) is 16.3. The van der Waals surface area contributed by atoms with E-state index in [9.17, 15) is 9.59 Å². The van der Waals surface area contributed by atoms with Gasteiger partial charge in [-0.2, -0.15) is 0 Å². The molecule has 0 aromatic heterocycles. The van der Waals surface area contributed by atoms with Crippen molar-refractivity contribution in [3.63, 3.8) is 0 Å². The number of hydrogen-bond acceptors (Lipinski definition) is 3. The number of fused-ring (bicyclic) bond motifs is 1. The van der Waals surface area contributed by atoms with Crippen LogP contribution in [0.15, 0.2) is 48.5 Å². The van der Waals surface area contributed by atoms with E-state index < -0.39 is 0 Å². The van der Waals surface area contributed by atoms with Crippen LogP contribution in [0.3, 0.4) is 0 Å². The summed E-state index contributed by atoms with van der Waals surface area (Å²) < 4.78 is 0. The standard InChI is InChI=1S/C27H35N3O2/c1-18(2)20-11-13-24(14-12-20)30-26(31)21-9-7-19(8-10-21)16-29-27(32)25-15-22-5-3-4-6-23(22)17-28-25/h3-6,11-14,18-19,21,25,28H,7-10,15-17H2,1-2H3,(H,29,32)(H,30,31)/t19?,21?,25-/m0/s1. The maximum Gasteiger partial charge on any atom is 0.237 e. The monoisotopic (exact) mass is 433 g/mol. The molecule has 3 N–H and O–H groups in total. The van der Waals surface area contributed by atoms with Crippen molar-refractivity contribution < 1.29 is 9.59 Å². The predicted octanol–water partition coefficient (Wildman–Crippen LogP) is 4.39. The average Bonchev–Trinajstić information content (AvgIpc) is 2.82. The molecule has 0 saturated heterocycles. The summed E-state index contributed by atoms with van der Waals surface area (Å²) in [6.07, 6.45) is 4.46. The molecule has 1 aliphatic carbocycles. The van der Waals surface area contributed by atoms with Crippen molar-refractivity contribution in [1.29, 1.82) is 0 Å². The van der Waals surface area contributed by atoms with Crippen LogP contribution in [0, 0.1) is 11.8 Å². The van der Waals surface area contributed by atoms with Crippen molar-refractivity contribution in [2.45, 2.75) is 64.5 Å². The number of nitrogens with one attached hydrogen (secondary N) is 3. The van der Waals surface area contributed by atoms with Gasteiger partial charge < -0.3 is 16.0 Å². The number of benzene rings is 2. The number of amides is 2. The first-order chi connectivity index (χ1) is 15.5. The predicted molar refractivity (Wildman–Crippen MR) is 128 cm³/mol. The van der Waals surface area contributed by atoms with Crippen molar-refractivity contribution in [3.05, 3.63) is 65.2 Å². The molecule has 2 aromatic carbocycles. The van der Waals surface area contributed by atoms with Gasteiger partial charge in [-0.3, -0.25) is 9.59 Å². The van der Waals surface area contributed by atoms with Crippen molar-refractivity contribution in [2.75, 3.05) is 11.9 Å². The zero-order valence-electron chi connectivity index (χ0n) is 19.2. The highest BCUT2D eigenvalue weighted by atomic mass is 16.2. The van der Waals surface area contributed by atoms with Gasteiger partial charge >= 0.3 is 0 Å². The van der Waals surface area contributed by atoms with E-state index >= 15 is 0 Å². The quantitative estimate of drug-likeness (QED) is 0.633. The van der Waals surface area contributed by atoms with Crippen molar-refractivity contribution in [2.24, 2.45) is 11.8 Å². The summed E-state index contributed by atoms with van der Waals surface area (Å²) in [4.78, 5) is 25.3. The third kappa shape index (κ3) is 5.57. The van der Waals surface area contributed by atoms with Gasteiger partial charge in [-0.1, -0.05) is 50.2 Å². The number of anilines is 1. The summed E-state index contributed by atoms with van der Waals surface area (Å²) in [6.45, 7) is 5.77. The zero-order valence-corrected chi connectivity index (χ0v) is 19.2. The molecule has 1 heterocycles. The molecule has 1 atom stereocenters. The van der Waals surface area contributed by atoms with Gasteiger partial charge in [0.15, 0.2) is 0 Å². The van der Waals surface area contributed by atoms with Gasteiger partial charge in [0.2, 0.25) is 11.8 Å². The smallest absolute Gasteiger partial charge is 0.237 e. The van der Waals surface area contributed by atoms with E-state index in [0.717, 1.165) is 44.3 Å². The lowest BCUT2D eigenvalue weighted by Crippen LogP contribution is -2.48. The average molecular weight is 434 g/mol. The fraction of sp³-hybridized carbons (Fsp3) is 0.481. The van der Waals surface area contributed by atoms with E-state index in [-0.39, 0.29) is 23.8 Å². The first-order valence-electron chi connectivity index (χ1n) is 12.0. The Balaban J connectivity index is 1.19. The van der Waals surface area contributed by atoms with Crippen LogP contribution < -0.4 is 16.0 Å². The lowest BCUT2D eigenvalue weighted by atomic mass is 9.81. The maximum absolute atomic E-state index is 12.7. The molecule has 0 bridgehead atoms.